The molecule has 1 aliphatic heterocycles. The lowest BCUT2D eigenvalue weighted by molar-refractivity contribution is -0.0479. The van der Waals surface area contributed by atoms with Gasteiger partial charge in [-0.15, -0.1) is 11.3 Å². The zero-order valence-corrected chi connectivity index (χ0v) is 12.2. The van der Waals surface area contributed by atoms with Crippen LogP contribution in [0.15, 0.2) is 17.5 Å². The van der Waals surface area contributed by atoms with E-state index >= 15 is 0 Å². The second-order valence-electron chi connectivity index (χ2n) is 5.33. The molecular formula is C14H24N2OS. The second-order valence-corrected chi connectivity index (χ2v) is 6.36. The van der Waals surface area contributed by atoms with Crippen molar-refractivity contribution in [2.45, 2.75) is 37.8 Å². The van der Waals surface area contributed by atoms with Gasteiger partial charge in [-0.3, -0.25) is 4.90 Å². The summed E-state index contributed by atoms with van der Waals surface area (Å²) in [4.78, 5) is 3.88. The van der Waals surface area contributed by atoms with Crippen molar-refractivity contribution in [2.75, 3.05) is 26.8 Å². The van der Waals surface area contributed by atoms with E-state index in [-0.39, 0.29) is 5.54 Å². The van der Waals surface area contributed by atoms with Crippen molar-refractivity contribution in [1.82, 2.24) is 4.90 Å². The molecule has 1 aromatic heterocycles. The van der Waals surface area contributed by atoms with Gasteiger partial charge in [-0.1, -0.05) is 6.07 Å². The van der Waals surface area contributed by atoms with Crippen LogP contribution in [0, 0.1) is 0 Å². The molecule has 2 heterocycles. The molecule has 2 N–H and O–H groups in total. The van der Waals surface area contributed by atoms with Crippen molar-refractivity contribution in [3.8, 4) is 0 Å². The highest BCUT2D eigenvalue weighted by Gasteiger charge is 2.37. The summed E-state index contributed by atoms with van der Waals surface area (Å²) in [6.07, 6.45) is 3.36. The van der Waals surface area contributed by atoms with E-state index < -0.39 is 0 Å². The number of nitrogens with zero attached hydrogens (tertiary/aromatic N) is 1. The maximum Gasteiger partial charge on any atom is 0.0662 e. The molecule has 2 unspecified atom stereocenters. The Morgan fingerprint density at radius 1 is 1.61 bits per heavy atom. The number of nitrogens with two attached hydrogens (primary N) is 1. The second kappa shape index (κ2) is 6.15. The lowest BCUT2D eigenvalue weighted by Crippen LogP contribution is -2.60. The SMILES string of the molecule is CC(Cc1cccs1)N(C)C1(CN)CCCOC1. The smallest absolute Gasteiger partial charge is 0.0662 e. The first kappa shape index (κ1) is 14.0. The van der Waals surface area contributed by atoms with Crippen LogP contribution in [0.25, 0.3) is 0 Å². The van der Waals surface area contributed by atoms with Gasteiger partial charge in [0.1, 0.15) is 0 Å². The van der Waals surface area contributed by atoms with Gasteiger partial charge in [0, 0.05) is 24.1 Å². The zero-order chi connectivity index (χ0) is 13.0. The van der Waals surface area contributed by atoms with Crippen LogP contribution in [0.3, 0.4) is 0 Å². The van der Waals surface area contributed by atoms with Gasteiger partial charge in [0.25, 0.3) is 0 Å². The first-order chi connectivity index (χ1) is 8.68. The molecule has 0 spiro atoms. The Morgan fingerprint density at radius 3 is 3.00 bits per heavy atom. The van der Waals surface area contributed by atoms with E-state index in [1.54, 1.807) is 0 Å². The lowest BCUT2D eigenvalue weighted by Gasteiger charge is -2.46. The highest BCUT2D eigenvalue weighted by Crippen LogP contribution is 2.27. The summed E-state index contributed by atoms with van der Waals surface area (Å²) < 4.78 is 5.66. The van der Waals surface area contributed by atoms with Gasteiger partial charge in [0.2, 0.25) is 0 Å². The summed E-state index contributed by atoms with van der Waals surface area (Å²) in [5.41, 5.74) is 6.07. The minimum Gasteiger partial charge on any atom is -0.379 e. The van der Waals surface area contributed by atoms with Crippen LogP contribution in [0.1, 0.15) is 24.6 Å². The van der Waals surface area contributed by atoms with Crippen LogP contribution in [-0.4, -0.2) is 43.3 Å². The molecule has 0 amide bonds. The van der Waals surface area contributed by atoms with Gasteiger partial charge >= 0.3 is 0 Å². The third-order valence-corrected chi connectivity index (χ3v) is 5.07. The van der Waals surface area contributed by atoms with Crippen molar-refractivity contribution in [2.24, 2.45) is 5.73 Å². The summed E-state index contributed by atoms with van der Waals surface area (Å²) in [7, 11) is 2.19. The van der Waals surface area contributed by atoms with Crippen LogP contribution in [0.4, 0.5) is 0 Å². The van der Waals surface area contributed by atoms with Crippen LogP contribution >= 0.6 is 11.3 Å². The molecule has 1 aromatic rings. The molecule has 1 saturated heterocycles. The number of hydrogen-bond donors (Lipinski definition) is 1. The molecule has 0 saturated carbocycles. The zero-order valence-electron chi connectivity index (χ0n) is 11.4. The average molecular weight is 268 g/mol. The molecule has 0 aromatic carbocycles. The Balaban J connectivity index is 2.01. The Morgan fingerprint density at radius 2 is 2.44 bits per heavy atom. The van der Waals surface area contributed by atoms with E-state index in [4.69, 9.17) is 10.5 Å². The number of likely N-dealkylation sites (N-methyl/N-ethyl adjacent to an activating group) is 1. The normalized spacial score (nSPS) is 26.4. The molecule has 0 radical (unpaired) electrons. The first-order valence-electron chi connectivity index (χ1n) is 6.71. The maximum absolute atomic E-state index is 6.03. The van der Waals surface area contributed by atoms with Crippen LogP contribution < -0.4 is 5.73 Å². The highest BCUT2D eigenvalue weighted by atomic mass is 32.1. The van der Waals surface area contributed by atoms with Gasteiger partial charge < -0.3 is 10.5 Å². The van der Waals surface area contributed by atoms with Crippen molar-refractivity contribution < 1.29 is 4.74 Å². The fourth-order valence-electron chi connectivity index (χ4n) is 2.75. The topological polar surface area (TPSA) is 38.5 Å². The minimum absolute atomic E-state index is 0.0366. The van der Waals surface area contributed by atoms with Gasteiger partial charge in [-0.25, -0.2) is 0 Å². The quantitative estimate of drug-likeness (QED) is 0.889. The number of rotatable bonds is 5. The van der Waals surface area contributed by atoms with E-state index in [0.717, 1.165) is 32.5 Å². The predicted molar refractivity (Wildman–Crippen MR) is 77.1 cm³/mol. The fraction of sp³-hybridized carbons (Fsp3) is 0.714. The Bertz CT molecular complexity index is 347. The number of thiophene rings is 1. The molecule has 3 nitrogen and oxygen atoms in total. The summed E-state index contributed by atoms with van der Waals surface area (Å²) in [5.74, 6) is 0. The fourth-order valence-corrected chi connectivity index (χ4v) is 3.57. The van der Waals surface area contributed by atoms with E-state index in [0.29, 0.717) is 12.6 Å². The Hall–Kier alpha value is -0.420. The number of ether oxygens (including phenoxy) is 1. The molecule has 102 valence electrons. The van der Waals surface area contributed by atoms with Gasteiger partial charge in [-0.05, 0) is 44.7 Å². The van der Waals surface area contributed by atoms with Gasteiger partial charge in [0.05, 0.1) is 12.1 Å². The molecule has 1 fully saturated rings. The van der Waals surface area contributed by atoms with Gasteiger partial charge in [0.15, 0.2) is 0 Å². The van der Waals surface area contributed by atoms with E-state index in [2.05, 4.69) is 36.4 Å². The summed E-state index contributed by atoms with van der Waals surface area (Å²) in [6, 6.07) is 4.82. The Labute approximate surface area is 114 Å². The molecule has 0 bridgehead atoms. The van der Waals surface area contributed by atoms with Crippen molar-refractivity contribution in [3.63, 3.8) is 0 Å². The maximum atomic E-state index is 6.03. The molecule has 0 aliphatic carbocycles. The van der Waals surface area contributed by atoms with Crippen molar-refractivity contribution >= 4 is 11.3 Å². The summed E-state index contributed by atoms with van der Waals surface area (Å²) >= 11 is 1.83. The third kappa shape index (κ3) is 2.94. The lowest BCUT2D eigenvalue weighted by atomic mass is 9.89. The molecule has 2 atom stereocenters. The standard InChI is InChI=1S/C14H24N2OS/c1-12(9-13-5-3-8-18-13)16(2)14(10-15)6-4-7-17-11-14/h3,5,8,12H,4,6-7,9-11,15H2,1-2H3. The van der Waals surface area contributed by atoms with Gasteiger partial charge in [-0.2, -0.15) is 0 Å². The summed E-state index contributed by atoms with van der Waals surface area (Å²) in [5, 5.41) is 2.14. The van der Waals surface area contributed by atoms with E-state index in [1.165, 1.54) is 4.88 Å². The van der Waals surface area contributed by atoms with E-state index in [1.807, 2.05) is 11.3 Å². The summed E-state index contributed by atoms with van der Waals surface area (Å²) in [6.45, 7) is 4.62. The van der Waals surface area contributed by atoms with Crippen molar-refractivity contribution in [1.29, 1.82) is 0 Å². The highest BCUT2D eigenvalue weighted by molar-refractivity contribution is 7.09. The monoisotopic (exact) mass is 268 g/mol. The largest absolute Gasteiger partial charge is 0.379 e. The minimum atomic E-state index is 0.0366. The van der Waals surface area contributed by atoms with Crippen LogP contribution in [-0.2, 0) is 11.2 Å². The average Bonchev–Trinajstić information content (AvgIpc) is 2.91. The molecule has 1 aliphatic rings. The molecule has 2 rings (SSSR count). The van der Waals surface area contributed by atoms with Crippen LogP contribution in [0.5, 0.6) is 0 Å². The number of hydrogen-bond acceptors (Lipinski definition) is 4. The van der Waals surface area contributed by atoms with Crippen molar-refractivity contribution in [3.05, 3.63) is 22.4 Å². The molecule has 18 heavy (non-hydrogen) atoms. The van der Waals surface area contributed by atoms with Crippen LogP contribution in [0.2, 0.25) is 0 Å². The first-order valence-corrected chi connectivity index (χ1v) is 7.59. The van der Waals surface area contributed by atoms with E-state index in [9.17, 15) is 0 Å². The molecule has 4 heteroatoms. The predicted octanol–water partition coefficient (Wildman–Crippen LogP) is 2.12. The molecular weight excluding hydrogens is 244 g/mol. The third-order valence-electron chi connectivity index (χ3n) is 4.17. The Kier molecular flexibility index (Phi) is 4.78.